The Morgan fingerprint density at radius 3 is 2.25 bits per heavy atom. The molecule has 0 bridgehead atoms. The van der Waals surface area contributed by atoms with E-state index in [1.54, 1.807) is 24.3 Å². The molecular weight excluding hydrogens is 354 g/mol. The Morgan fingerprint density at radius 2 is 1.54 bits per heavy atom. The van der Waals surface area contributed by atoms with Crippen LogP contribution in [0.5, 0.6) is 0 Å². The van der Waals surface area contributed by atoms with Crippen LogP contribution >= 0.6 is 0 Å². The van der Waals surface area contributed by atoms with Gasteiger partial charge in [-0.2, -0.15) is 0 Å². The number of carbonyl (C=O) groups is 2. The number of nitrogens with one attached hydrogen (secondary N) is 1. The largest absolute Gasteiger partial charge is 0.478 e. The van der Waals surface area contributed by atoms with Crippen LogP contribution in [0.4, 0.5) is 4.79 Å². The molecule has 2 N–H and O–H groups in total. The van der Waals surface area contributed by atoms with Crippen molar-refractivity contribution < 1.29 is 19.4 Å². The highest BCUT2D eigenvalue weighted by molar-refractivity contribution is 5.88. The van der Waals surface area contributed by atoms with Crippen molar-refractivity contribution in [1.29, 1.82) is 0 Å². The number of carbonyl (C=O) groups excluding carboxylic acids is 1. The van der Waals surface area contributed by atoms with Gasteiger partial charge in [-0.15, -0.1) is 0 Å². The molecule has 0 radical (unpaired) electrons. The number of benzene rings is 3. The van der Waals surface area contributed by atoms with E-state index in [9.17, 15) is 9.59 Å². The van der Waals surface area contributed by atoms with Crippen molar-refractivity contribution in [2.75, 3.05) is 6.54 Å². The van der Waals surface area contributed by atoms with Gasteiger partial charge in [-0.3, -0.25) is 0 Å². The number of aromatic carboxylic acids is 1. The number of hydrogen-bond donors (Lipinski definition) is 2. The average Bonchev–Trinajstić information content (AvgIpc) is 2.73. The molecular formula is C23H21NO4. The average molecular weight is 375 g/mol. The third-order valence-corrected chi connectivity index (χ3v) is 4.34. The normalized spacial score (nSPS) is 10.3. The van der Waals surface area contributed by atoms with E-state index >= 15 is 0 Å². The van der Waals surface area contributed by atoms with Crippen LogP contribution in [0.25, 0.3) is 11.1 Å². The van der Waals surface area contributed by atoms with Gasteiger partial charge in [0.05, 0.1) is 5.56 Å². The van der Waals surface area contributed by atoms with E-state index in [4.69, 9.17) is 9.84 Å². The Morgan fingerprint density at radius 1 is 0.857 bits per heavy atom. The summed E-state index contributed by atoms with van der Waals surface area (Å²) >= 11 is 0. The van der Waals surface area contributed by atoms with E-state index in [-0.39, 0.29) is 12.2 Å². The Balaban J connectivity index is 1.56. The predicted molar refractivity (Wildman–Crippen MR) is 107 cm³/mol. The summed E-state index contributed by atoms with van der Waals surface area (Å²) in [7, 11) is 0. The summed E-state index contributed by atoms with van der Waals surface area (Å²) in [5.74, 6) is -0.946. The number of alkyl carbamates (subject to hydrolysis) is 1. The molecule has 5 heteroatoms. The van der Waals surface area contributed by atoms with E-state index in [1.807, 2.05) is 54.6 Å². The second-order valence-corrected chi connectivity index (χ2v) is 6.28. The molecule has 28 heavy (non-hydrogen) atoms. The van der Waals surface area contributed by atoms with E-state index in [0.29, 0.717) is 13.0 Å². The minimum atomic E-state index is -0.946. The van der Waals surface area contributed by atoms with Gasteiger partial charge in [-0.1, -0.05) is 66.7 Å². The van der Waals surface area contributed by atoms with Crippen molar-refractivity contribution in [3.63, 3.8) is 0 Å². The maximum absolute atomic E-state index is 11.9. The molecule has 0 aliphatic heterocycles. The highest BCUT2D eigenvalue weighted by Gasteiger charge is 2.08. The summed E-state index contributed by atoms with van der Waals surface area (Å²) in [4.78, 5) is 22.9. The van der Waals surface area contributed by atoms with Gasteiger partial charge in [-0.05, 0) is 40.8 Å². The lowest BCUT2D eigenvalue weighted by molar-refractivity contribution is 0.0697. The van der Waals surface area contributed by atoms with Crippen LogP contribution in [0.3, 0.4) is 0 Å². The first-order valence-corrected chi connectivity index (χ1v) is 8.99. The molecule has 0 saturated carbocycles. The molecule has 3 rings (SSSR count). The molecule has 0 fully saturated rings. The topological polar surface area (TPSA) is 75.6 Å². The van der Waals surface area contributed by atoms with Crippen LogP contribution in [-0.4, -0.2) is 23.7 Å². The highest BCUT2D eigenvalue weighted by atomic mass is 16.5. The van der Waals surface area contributed by atoms with Crippen molar-refractivity contribution in [2.24, 2.45) is 0 Å². The van der Waals surface area contributed by atoms with E-state index < -0.39 is 12.1 Å². The maximum Gasteiger partial charge on any atom is 0.407 e. The Labute approximate surface area is 163 Å². The summed E-state index contributed by atoms with van der Waals surface area (Å²) in [5.41, 5.74) is 4.21. The number of carboxylic acids is 1. The van der Waals surface area contributed by atoms with Crippen molar-refractivity contribution in [3.05, 3.63) is 95.6 Å². The van der Waals surface area contributed by atoms with Gasteiger partial charge in [0, 0.05) is 6.54 Å². The van der Waals surface area contributed by atoms with Gasteiger partial charge in [-0.25, -0.2) is 9.59 Å². The third-order valence-electron chi connectivity index (χ3n) is 4.34. The zero-order valence-electron chi connectivity index (χ0n) is 15.3. The summed E-state index contributed by atoms with van der Waals surface area (Å²) < 4.78 is 5.21. The minimum absolute atomic E-state index is 0.235. The second kappa shape index (κ2) is 9.37. The first kappa shape index (κ1) is 19.2. The molecule has 0 atom stereocenters. The molecule has 3 aromatic rings. The fourth-order valence-corrected chi connectivity index (χ4v) is 2.89. The Hall–Kier alpha value is -3.60. The number of ether oxygens (including phenoxy) is 1. The lowest BCUT2D eigenvalue weighted by Gasteiger charge is -2.11. The number of hydrogen-bond acceptors (Lipinski definition) is 3. The monoisotopic (exact) mass is 375 g/mol. The maximum atomic E-state index is 11.9. The van der Waals surface area contributed by atoms with Crippen molar-refractivity contribution in [1.82, 2.24) is 5.32 Å². The summed E-state index contributed by atoms with van der Waals surface area (Å²) in [6, 6.07) is 24.1. The molecule has 0 unspecified atom stereocenters. The standard InChI is InChI=1S/C23H21NO4/c25-22(26)20-12-10-19(11-13-20)21-9-5-4-8-18(21)14-15-24-23(27)28-16-17-6-2-1-3-7-17/h1-13H,14-16H2,(H,24,27)(H,25,26). The first-order chi connectivity index (χ1) is 13.6. The molecule has 142 valence electrons. The van der Waals surface area contributed by atoms with Crippen LogP contribution in [0, 0.1) is 0 Å². The van der Waals surface area contributed by atoms with E-state index in [1.165, 1.54) is 0 Å². The number of carboxylic acid groups (broad SMARTS) is 1. The van der Waals surface area contributed by atoms with E-state index in [0.717, 1.165) is 22.3 Å². The van der Waals surface area contributed by atoms with Gasteiger partial charge in [0.15, 0.2) is 0 Å². The summed E-state index contributed by atoms with van der Waals surface area (Å²) in [5, 5.41) is 11.8. The molecule has 0 heterocycles. The molecule has 1 amide bonds. The van der Waals surface area contributed by atoms with Gasteiger partial charge in [0.1, 0.15) is 6.61 Å². The zero-order valence-corrected chi connectivity index (χ0v) is 15.3. The quantitative estimate of drug-likeness (QED) is 0.637. The Bertz CT molecular complexity index is 936. The highest BCUT2D eigenvalue weighted by Crippen LogP contribution is 2.24. The molecule has 0 aromatic heterocycles. The van der Waals surface area contributed by atoms with Gasteiger partial charge < -0.3 is 15.2 Å². The van der Waals surface area contributed by atoms with Crippen molar-refractivity contribution in [3.8, 4) is 11.1 Å². The van der Waals surface area contributed by atoms with Gasteiger partial charge in [0.2, 0.25) is 0 Å². The summed E-state index contributed by atoms with van der Waals surface area (Å²) in [6.07, 6.45) is 0.184. The predicted octanol–water partition coefficient (Wildman–Crippen LogP) is 4.52. The Kier molecular flexibility index (Phi) is 6.41. The van der Waals surface area contributed by atoms with Crippen molar-refractivity contribution in [2.45, 2.75) is 13.0 Å². The molecule has 0 spiro atoms. The van der Waals surface area contributed by atoms with E-state index in [2.05, 4.69) is 5.32 Å². The molecule has 0 aliphatic rings. The minimum Gasteiger partial charge on any atom is -0.478 e. The lowest BCUT2D eigenvalue weighted by Crippen LogP contribution is -2.26. The smallest absolute Gasteiger partial charge is 0.407 e. The van der Waals surface area contributed by atoms with Gasteiger partial charge in [0.25, 0.3) is 0 Å². The molecule has 0 saturated heterocycles. The lowest BCUT2D eigenvalue weighted by atomic mass is 9.97. The van der Waals surface area contributed by atoms with Crippen molar-refractivity contribution >= 4 is 12.1 Å². The zero-order chi connectivity index (χ0) is 19.8. The number of amides is 1. The van der Waals surface area contributed by atoms with Crippen LogP contribution < -0.4 is 5.32 Å². The molecule has 3 aromatic carbocycles. The molecule has 0 aliphatic carbocycles. The SMILES string of the molecule is O=C(NCCc1ccccc1-c1ccc(C(=O)O)cc1)OCc1ccccc1. The first-order valence-electron chi connectivity index (χ1n) is 8.99. The van der Waals surface area contributed by atoms with Gasteiger partial charge >= 0.3 is 12.1 Å². The second-order valence-electron chi connectivity index (χ2n) is 6.28. The summed E-state index contributed by atoms with van der Waals surface area (Å²) in [6.45, 7) is 0.678. The fraction of sp³-hybridized carbons (Fsp3) is 0.130. The van der Waals surface area contributed by atoms with Crippen LogP contribution in [0.15, 0.2) is 78.9 Å². The number of rotatable bonds is 7. The molecule has 5 nitrogen and oxygen atoms in total. The fourth-order valence-electron chi connectivity index (χ4n) is 2.89. The third kappa shape index (κ3) is 5.20. The van der Waals surface area contributed by atoms with Crippen LogP contribution in [0.1, 0.15) is 21.5 Å². The van der Waals surface area contributed by atoms with Crippen LogP contribution in [0.2, 0.25) is 0 Å². The van der Waals surface area contributed by atoms with Crippen LogP contribution in [-0.2, 0) is 17.8 Å².